The number of pyridine rings is 1. The Morgan fingerprint density at radius 2 is 0.888 bits per heavy atom. The van der Waals surface area contributed by atoms with E-state index in [4.69, 9.17) is 36.3 Å². The number of piperidine rings is 3. The lowest BCUT2D eigenvalue weighted by atomic mass is 10.0. The molecule has 0 atom stereocenters. The number of urea groups is 2. The first kappa shape index (κ1) is 86.6. The summed E-state index contributed by atoms with van der Waals surface area (Å²) in [5.74, 6) is -2.06. The van der Waals surface area contributed by atoms with Crippen molar-refractivity contribution in [2.24, 2.45) is 0 Å². The van der Waals surface area contributed by atoms with Gasteiger partial charge in [-0.25, -0.2) is 59.0 Å². The number of Topliss-reactive ketones (excluding diaryl/α,β-unsaturated/α-hetero) is 1. The van der Waals surface area contributed by atoms with Crippen LogP contribution in [0.3, 0.4) is 0 Å². The van der Waals surface area contributed by atoms with Crippen LogP contribution >= 0.6 is 56.9 Å². The summed E-state index contributed by atoms with van der Waals surface area (Å²) < 4.78 is 149. The number of rotatable bonds is 6. The maximum Gasteiger partial charge on any atom is 0.517 e. The second-order valence-corrected chi connectivity index (χ2v) is 34.3. The summed E-state index contributed by atoms with van der Waals surface area (Å²) in [5, 5.41) is 14.0. The van der Waals surface area contributed by atoms with E-state index in [9.17, 15) is 67.2 Å². The average Bonchev–Trinajstić information content (AvgIpc) is 0.827. The first-order valence-corrected chi connectivity index (χ1v) is 41.7. The number of hydrogen-bond donors (Lipinski definition) is 5. The SMILES string of the molecule is C1CC2(CCN1)OCCO2.Cc1ccc2nc(N)sc2c1.Cc1ccc2nc(NC(=O)N3CCC(=O)CC3)sc2c1.Cc1ccc2nc(NC(=O)N3CCC4(CC3)OCCO4)sc2c1.Cc1ccc2nc(NC(=O)n3ccnc3)sc2c1.O=C(n1ccnc1)n1ccnc1.O=S(=O)(N(c1ccc(Cl)cn1)S(=O)(=O)C(F)(F)F)C(F)(F)F. The van der Waals surface area contributed by atoms with Gasteiger partial charge in [0.2, 0.25) is 0 Å². The zero-order valence-electron chi connectivity index (χ0n) is 61.9. The molecular weight excluding hydrogens is 1670 g/mol. The van der Waals surface area contributed by atoms with Gasteiger partial charge in [0.15, 0.2) is 37.9 Å². The van der Waals surface area contributed by atoms with Gasteiger partial charge < -0.3 is 39.8 Å². The largest absolute Gasteiger partial charge is 0.517 e. The van der Waals surface area contributed by atoms with E-state index in [2.05, 4.69) is 92.3 Å². The predicted octanol–water partition coefficient (Wildman–Crippen LogP) is 13.8. The Balaban J connectivity index is 0.000000135. The fourth-order valence-corrected chi connectivity index (χ4v) is 17.9. The molecule has 5 aliphatic heterocycles. The number of aromatic nitrogens is 11. The van der Waals surface area contributed by atoms with Crippen LogP contribution in [-0.4, -0.2) is 198 Å². The number of carbonyl (C=O) groups is 5. The molecule has 5 amide bonds. The fourth-order valence-electron chi connectivity index (χ4n) is 11.5. The molecule has 0 aliphatic carbocycles. The van der Waals surface area contributed by atoms with E-state index in [1.165, 1.54) is 105 Å². The second kappa shape index (κ2) is 37.8. The van der Waals surface area contributed by atoms with Gasteiger partial charge in [0.05, 0.1) is 72.3 Å². The summed E-state index contributed by atoms with van der Waals surface area (Å²) >= 11 is 11.3. The van der Waals surface area contributed by atoms with Crippen LogP contribution in [0.25, 0.3) is 40.9 Å². The van der Waals surface area contributed by atoms with Gasteiger partial charge in [-0.3, -0.25) is 34.4 Å². The predicted molar refractivity (Wildman–Crippen MR) is 427 cm³/mol. The van der Waals surface area contributed by atoms with Crippen molar-refractivity contribution < 1.29 is 86.1 Å². The van der Waals surface area contributed by atoms with Crippen LogP contribution in [0.15, 0.2) is 147 Å². The highest BCUT2D eigenvalue weighted by atomic mass is 35.5. The molecule has 8 aromatic heterocycles. The molecule has 4 aromatic carbocycles. The van der Waals surface area contributed by atoms with Crippen molar-refractivity contribution >= 4 is 174 Å². The van der Waals surface area contributed by atoms with E-state index in [-0.39, 0.29) is 46.8 Å². The molecule has 13 heterocycles. The number of sulfonamides is 2. The number of imidazole rings is 3. The Hall–Kier alpha value is -10.3. The maximum atomic E-state index is 12.5. The molecule has 12 aromatic rings. The number of ether oxygens (including phenoxy) is 4. The Labute approximate surface area is 679 Å². The van der Waals surface area contributed by atoms with Crippen LogP contribution in [-0.2, 0) is 43.8 Å². The van der Waals surface area contributed by atoms with Gasteiger partial charge in [-0.15, -0.1) is 3.71 Å². The van der Waals surface area contributed by atoms with Crippen LogP contribution in [0, 0.1) is 27.7 Å². The normalized spacial score (nSPS) is 15.8. The maximum absolute atomic E-state index is 12.5. The molecule has 5 saturated heterocycles. The van der Waals surface area contributed by atoms with Gasteiger partial charge in [0.1, 0.15) is 24.8 Å². The lowest BCUT2D eigenvalue weighted by Crippen LogP contribution is -2.49. The minimum atomic E-state index is -6.93. The molecule has 116 heavy (non-hydrogen) atoms. The number of ketones is 1. The number of hydrogen-bond acceptors (Lipinski definition) is 27. The Morgan fingerprint density at radius 1 is 0.517 bits per heavy atom. The van der Waals surface area contributed by atoms with Crippen molar-refractivity contribution in [2.45, 2.75) is 88.8 Å². The fraction of sp³-hybridized carbons (Fsp3) is 0.338. The Bertz CT molecular complexity index is 5520. The van der Waals surface area contributed by atoms with Crippen molar-refractivity contribution in [3.05, 3.63) is 175 Å². The van der Waals surface area contributed by atoms with Crippen molar-refractivity contribution in [1.82, 2.24) is 68.7 Å². The summed E-state index contributed by atoms with van der Waals surface area (Å²) in [6, 6.07) is 24.5. The number of likely N-dealkylation sites (tertiary alicyclic amines) is 2. The molecule has 0 saturated carbocycles. The van der Waals surface area contributed by atoms with Gasteiger partial charge in [0.25, 0.3) is 0 Å². The molecule has 17 rings (SSSR count). The molecule has 45 heteroatoms. The second-order valence-electron chi connectivity index (χ2n) is 25.9. The lowest BCUT2D eigenvalue weighted by Gasteiger charge is -2.37. The molecule has 32 nitrogen and oxygen atoms in total. The average molecular weight is 1740 g/mol. The number of fused-ring (bicyclic) bond motifs is 4. The topological polar surface area (TPSA) is 392 Å². The number of nitrogen functional groups attached to an aromatic ring is 1. The highest BCUT2D eigenvalue weighted by molar-refractivity contribution is 8.11. The first-order chi connectivity index (χ1) is 55.1. The number of nitrogens with zero attached hydrogens (tertiary/aromatic N) is 14. The summed E-state index contributed by atoms with van der Waals surface area (Å²) in [5.41, 5.74) is 1.42. The number of anilines is 5. The van der Waals surface area contributed by atoms with Crippen LogP contribution in [0.4, 0.5) is 71.9 Å². The van der Waals surface area contributed by atoms with E-state index in [0.717, 1.165) is 88.2 Å². The zero-order chi connectivity index (χ0) is 83.2. The highest BCUT2D eigenvalue weighted by Crippen LogP contribution is 2.39. The molecule has 2 spiro atoms. The van der Waals surface area contributed by atoms with E-state index in [1.807, 2.05) is 69.3 Å². The molecule has 616 valence electrons. The molecule has 0 unspecified atom stereocenters. The molecule has 6 N–H and O–H groups in total. The van der Waals surface area contributed by atoms with Crippen molar-refractivity contribution in [3.63, 3.8) is 0 Å². The third-order valence-corrected chi connectivity index (χ3v) is 24.8. The third-order valence-electron chi connectivity index (χ3n) is 17.4. The van der Waals surface area contributed by atoms with Gasteiger partial charge in [-0.1, -0.05) is 81.2 Å². The van der Waals surface area contributed by atoms with Gasteiger partial charge in [-0.2, -0.15) is 43.2 Å². The number of benzene rings is 4. The van der Waals surface area contributed by atoms with E-state index in [0.29, 0.717) is 85.0 Å². The zero-order valence-corrected chi connectivity index (χ0v) is 67.6. The van der Waals surface area contributed by atoms with Crippen LogP contribution in [0.1, 0.15) is 60.8 Å². The number of alkyl halides is 6. The van der Waals surface area contributed by atoms with E-state index < -0.39 is 46.4 Å². The number of nitrogens with two attached hydrogens (primary N) is 1. The van der Waals surface area contributed by atoms with Crippen molar-refractivity contribution in [2.75, 3.05) is 91.1 Å². The highest BCUT2D eigenvalue weighted by Gasteiger charge is 2.62. The number of amides is 5. The van der Waals surface area contributed by atoms with Gasteiger partial charge in [-0.05, 0) is 111 Å². The number of nitrogens with one attached hydrogen (secondary N) is 4. The van der Waals surface area contributed by atoms with E-state index in [1.54, 1.807) is 47.0 Å². The smallest absolute Gasteiger partial charge is 0.375 e. The van der Waals surface area contributed by atoms with Crippen LogP contribution in [0.2, 0.25) is 5.02 Å². The lowest BCUT2D eigenvalue weighted by molar-refractivity contribution is -0.181. The van der Waals surface area contributed by atoms with Crippen molar-refractivity contribution in [1.29, 1.82) is 0 Å². The van der Waals surface area contributed by atoms with Crippen molar-refractivity contribution in [3.8, 4) is 0 Å². The molecule has 5 fully saturated rings. The van der Waals surface area contributed by atoms with Gasteiger partial charge in [0, 0.05) is 121 Å². The number of halogens is 7. The number of carbonyl (C=O) groups excluding carboxylic acids is 5. The van der Waals surface area contributed by atoms with Gasteiger partial charge >= 0.3 is 55.2 Å². The Morgan fingerprint density at radius 3 is 1.27 bits per heavy atom. The minimum absolute atomic E-state index is 0.103. The monoisotopic (exact) mass is 1740 g/mol. The molecule has 5 aliphatic rings. The summed E-state index contributed by atoms with van der Waals surface area (Å²) in [6.45, 7) is 15.3. The molecule has 0 radical (unpaired) electrons. The van der Waals surface area contributed by atoms with Crippen LogP contribution in [0.5, 0.6) is 0 Å². The Kier molecular flexibility index (Phi) is 28.2. The minimum Gasteiger partial charge on any atom is -0.375 e. The standard InChI is InChI=1S/C16H19N3O3S.C14H15N3O2S.C12H10N4OS.C8H8N2S.C7H3ClF6N2O4S2.C7H6N4O.C7H13NO2/c1-11-2-3-12-13(10-11)23-14(17-12)18-15(20)19-6-4-16(5-7-19)21-8-9-22-16;1-9-2-3-11-12(8-9)20-13(15-11)16-14(19)17-6-4-10(18)5-7-17;1-8-2-3-9-10(6-8)18-11(14-9)15-12(17)16-5-4-13-7-16;1-5-2-3-6-7(4-5)11-8(9)10-6;8-4-1-2-5(15-3-4)16(21(17,18)6(9,10)11)22(19,20)7(12,13)14;12-7(10-3-1-8-5-10)11-4-2-9-6-11;1-3-8-4-2-7(1)9-5-6-10-7/h2-3,10H,4-9H2,1H3,(H,17,18,20);2-3,8H,4-7H2,1H3,(H,15,16,19);2-7H,1H3,(H,14,15,17);2-4H,1H3,(H2,9,10);1-3H;1-6H;8H,1-6H2. The number of aryl methyl sites for hydroxylation is 4. The summed E-state index contributed by atoms with van der Waals surface area (Å²) in [7, 11) is -13.9. The molecule has 0 bridgehead atoms. The van der Waals surface area contributed by atoms with E-state index >= 15 is 0 Å². The van der Waals surface area contributed by atoms with Crippen LogP contribution < -0.4 is 30.7 Å². The number of thiazole rings is 4. The summed E-state index contributed by atoms with van der Waals surface area (Å²) in [6.07, 6.45) is 18.6. The summed E-state index contributed by atoms with van der Waals surface area (Å²) in [4.78, 5) is 93.9. The quantitative estimate of drug-likeness (QED) is 0.0965. The molecular formula is C71H74ClF6N19O13S6. The third kappa shape index (κ3) is 22.5. The first-order valence-electron chi connectivity index (χ1n) is 35.1.